The van der Waals surface area contributed by atoms with E-state index < -0.39 is 10.9 Å². The molecule has 0 N–H and O–H groups in total. The SMILES string of the molecule is O=C(O[C@@H]1CCCC[C@@H]1c1cccc2ccccc12)c1ccc([N+](=O)[O-])cc1. The number of hydrogen-bond donors (Lipinski definition) is 0. The van der Waals surface area contributed by atoms with E-state index in [0.717, 1.165) is 25.7 Å². The van der Waals surface area contributed by atoms with Gasteiger partial charge in [0.2, 0.25) is 0 Å². The van der Waals surface area contributed by atoms with E-state index in [1.165, 1.54) is 40.6 Å². The molecule has 0 aromatic heterocycles. The molecule has 0 aliphatic heterocycles. The number of non-ortho nitro benzene ring substituents is 1. The number of carbonyl (C=O) groups is 1. The van der Waals surface area contributed by atoms with E-state index in [2.05, 4.69) is 30.3 Å². The summed E-state index contributed by atoms with van der Waals surface area (Å²) in [5.41, 5.74) is 1.52. The molecule has 0 unspecified atom stereocenters. The summed E-state index contributed by atoms with van der Waals surface area (Å²) in [6, 6.07) is 20.1. The van der Waals surface area contributed by atoms with E-state index >= 15 is 0 Å². The van der Waals surface area contributed by atoms with Crippen LogP contribution in [0.3, 0.4) is 0 Å². The van der Waals surface area contributed by atoms with Gasteiger partial charge in [-0.25, -0.2) is 4.79 Å². The first-order valence-electron chi connectivity index (χ1n) is 9.56. The van der Waals surface area contributed by atoms with Gasteiger partial charge in [-0.1, -0.05) is 48.9 Å². The standard InChI is InChI=1S/C23H21NO4/c25-23(17-12-14-18(15-13-17)24(26)27)28-22-11-4-3-9-21(22)20-10-5-7-16-6-1-2-8-19(16)20/h1-2,5-8,10,12-15,21-22H,3-4,9,11H2/t21-,22-/m1/s1. The first kappa shape index (κ1) is 18.2. The predicted octanol–water partition coefficient (Wildman–Crippen LogP) is 5.63. The maximum absolute atomic E-state index is 12.6. The zero-order chi connectivity index (χ0) is 19.5. The lowest BCUT2D eigenvalue weighted by atomic mass is 9.80. The van der Waals surface area contributed by atoms with Crippen LogP contribution < -0.4 is 0 Å². The smallest absolute Gasteiger partial charge is 0.338 e. The summed E-state index contributed by atoms with van der Waals surface area (Å²) >= 11 is 0. The Morgan fingerprint density at radius 1 is 0.929 bits per heavy atom. The van der Waals surface area contributed by atoms with Crippen LogP contribution in [0, 0.1) is 10.1 Å². The predicted molar refractivity (Wildman–Crippen MR) is 107 cm³/mol. The van der Waals surface area contributed by atoms with Crippen molar-refractivity contribution in [3.63, 3.8) is 0 Å². The van der Waals surface area contributed by atoms with Crippen LogP contribution in [0.2, 0.25) is 0 Å². The van der Waals surface area contributed by atoms with E-state index in [-0.39, 0.29) is 17.7 Å². The largest absolute Gasteiger partial charge is 0.458 e. The number of nitrogens with zero attached hydrogens (tertiary/aromatic N) is 1. The normalized spacial score (nSPS) is 19.3. The van der Waals surface area contributed by atoms with Crippen molar-refractivity contribution < 1.29 is 14.5 Å². The Bertz CT molecular complexity index is 1010. The van der Waals surface area contributed by atoms with Crippen LogP contribution in [0.1, 0.15) is 47.5 Å². The van der Waals surface area contributed by atoms with Gasteiger partial charge >= 0.3 is 5.97 Å². The summed E-state index contributed by atoms with van der Waals surface area (Å²) in [4.78, 5) is 23.0. The van der Waals surface area contributed by atoms with E-state index in [1.54, 1.807) is 0 Å². The molecule has 28 heavy (non-hydrogen) atoms. The summed E-state index contributed by atoms with van der Waals surface area (Å²) < 4.78 is 5.88. The van der Waals surface area contributed by atoms with Crippen molar-refractivity contribution in [2.45, 2.75) is 37.7 Å². The number of rotatable bonds is 4. The van der Waals surface area contributed by atoms with Gasteiger partial charge in [-0.15, -0.1) is 0 Å². The first-order valence-corrected chi connectivity index (χ1v) is 9.56. The second-order valence-corrected chi connectivity index (χ2v) is 7.21. The Balaban J connectivity index is 1.58. The molecule has 0 spiro atoms. The monoisotopic (exact) mass is 375 g/mol. The van der Waals surface area contributed by atoms with Crippen molar-refractivity contribution in [2.75, 3.05) is 0 Å². The molecule has 1 saturated carbocycles. The van der Waals surface area contributed by atoms with Gasteiger partial charge in [0, 0.05) is 18.1 Å². The van der Waals surface area contributed by atoms with Crippen LogP contribution in [0.15, 0.2) is 66.7 Å². The molecule has 0 amide bonds. The van der Waals surface area contributed by atoms with Crippen LogP contribution in [0.25, 0.3) is 10.8 Å². The molecule has 0 saturated heterocycles. The highest BCUT2D eigenvalue weighted by atomic mass is 16.6. The minimum Gasteiger partial charge on any atom is -0.458 e. The van der Waals surface area contributed by atoms with Gasteiger partial charge in [0.1, 0.15) is 6.10 Å². The molecule has 1 aliphatic rings. The maximum Gasteiger partial charge on any atom is 0.338 e. The summed E-state index contributed by atoms with van der Waals surface area (Å²) in [7, 11) is 0. The molecule has 0 bridgehead atoms. The Hall–Kier alpha value is -3.21. The van der Waals surface area contributed by atoms with Crippen LogP contribution >= 0.6 is 0 Å². The van der Waals surface area contributed by atoms with Crippen molar-refractivity contribution in [3.05, 3.63) is 88.0 Å². The van der Waals surface area contributed by atoms with Gasteiger partial charge < -0.3 is 4.74 Å². The van der Waals surface area contributed by atoms with Crippen molar-refractivity contribution in [1.29, 1.82) is 0 Å². The number of esters is 1. The Labute approximate surface area is 163 Å². The fraction of sp³-hybridized carbons (Fsp3) is 0.261. The highest BCUT2D eigenvalue weighted by molar-refractivity contribution is 5.90. The second kappa shape index (κ2) is 7.80. The van der Waals surface area contributed by atoms with Crippen LogP contribution in [-0.2, 0) is 4.74 Å². The molecule has 2 atom stereocenters. The van der Waals surface area contributed by atoms with Gasteiger partial charge in [0.05, 0.1) is 10.5 Å². The van der Waals surface area contributed by atoms with E-state index in [9.17, 15) is 14.9 Å². The van der Waals surface area contributed by atoms with E-state index in [4.69, 9.17) is 4.74 Å². The number of hydrogen-bond acceptors (Lipinski definition) is 4. The summed E-state index contributed by atoms with van der Waals surface area (Å²) in [5, 5.41) is 13.2. The number of nitro groups is 1. The lowest BCUT2D eigenvalue weighted by Crippen LogP contribution is -2.28. The molecule has 0 radical (unpaired) electrons. The minimum atomic E-state index is -0.479. The van der Waals surface area contributed by atoms with E-state index in [0.29, 0.717) is 5.56 Å². The molecule has 4 rings (SSSR count). The molecule has 142 valence electrons. The number of fused-ring (bicyclic) bond motifs is 1. The van der Waals surface area contributed by atoms with Gasteiger partial charge in [-0.2, -0.15) is 0 Å². The zero-order valence-electron chi connectivity index (χ0n) is 15.4. The third-order valence-electron chi connectivity index (χ3n) is 5.50. The number of carbonyl (C=O) groups excluding carboxylic acids is 1. The fourth-order valence-corrected chi connectivity index (χ4v) is 4.09. The number of nitro benzene ring substituents is 1. The number of ether oxygens (including phenoxy) is 1. The topological polar surface area (TPSA) is 69.4 Å². The average Bonchev–Trinajstić information content (AvgIpc) is 2.74. The highest BCUT2D eigenvalue weighted by Crippen LogP contribution is 2.38. The Morgan fingerprint density at radius 3 is 2.43 bits per heavy atom. The summed E-state index contributed by atoms with van der Waals surface area (Å²) in [5.74, 6) is -0.270. The molecule has 3 aromatic rings. The molecule has 5 heteroatoms. The molecule has 0 heterocycles. The summed E-state index contributed by atoms with van der Waals surface area (Å²) in [6.45, 7) is 0. The minimum absolute atomic E-state index is 0.0390. The Morgan fingerprint density at radius 2 is 1.64 bits per heavy atom. The second-order valence-electron chi connectivity index (χ2n) is 7.21. The molecular weight excluding hydrogens is 354 g/mol. The van der Waals surface area contributed by atoms with Crippen LogP contribution in [-0.4, -0.2) is 17.0 Å². The van der Waals surface area contributed by atoms with Crippen molar-refractivity contribution in [2.24, 2.45) is 0 Å². The molecule has 1 fully saturated rings. The van der Waals surface area contributed by atoms with Gasteiger partial charge in [-0.3, -0.25) is 10.1 Å². The third kappa shape index (κ3) is 3.60. The lowest BCUT2D eigenvalue weighted by Gasteiger charge is -2.32. The van der Waals surface area contributed by atoms with Crippen molar-refractivity contribution in [1.82, 2.24) is 0 Å². The van der Waals surface area contributed by atoms with Gasteiger partial charge in [-0.05, 0) is 47.7 Å². The van der Waals surface area contributed by atoms with E-state index in [1.807, 2.05) is 12.1 Å². The molecule has 3 aromatic carbocycles. The first-order chi connectivity index (χ1) is 13.6. The Kier molecular flexibility index (Phi) is 5.06. The zero-order valence-corrected chi connectivity index (χ0v) is 15.4. The molecule has 5 nitrogen and oxygen atoms in total. The highest BCUT2D eigenvalue weighted by Gasteiger charge is 2.31. The lowest BCUT2D eigenvalue weighted by molar-refractivity contribution is -0.384. The number of benzene rings is 3. The molecular formula is C23H21NO4. The average molecular weight is 375 g/mol. The van der Waals surface area contributed by atoms with Crippen molar-refractivity contribution in [3.8, 4) is 0 Å². The van der Waals surface area contributed by atoms with Crippen LogP contribution in [0.4, 0.5) is 5.69 Å². The summed E-state index contributed by atoms with van der Waals surface area (Å²) in [6.07, 6.45) is 3.75. The van der Waals surface area contributed by atoms with Gasteiger partial charge in [0.15, 0.2) is 0 Å². The quantitative estimate of drug-likeness (QED) is 0.336. The van der Waals surface area contributed by atoms with Crippen molar-refractivity contribution >= 4 is 22.4 Å². The third-order valence-corrected chi connectivity index (χ3v) is 5.50. The molecule has 1 aliphatic carbocycles. The maximum atomic E-state index is 12.6. The van der Waals surface area contributed by atoms with Gasteiger partial charge in [0.25, 0.3) is 5.69 Å². The fourth-order valence-electron chi connectivity index (χ4n) is 4.09. The van der Waals surface area contributed by atoms with Crippen LogP contribution in [0.5, 0.6) is 0 Å².